The van der Waals surface area contributed by atoms with Crippen LogP contribution in [0, 0.1) is 0 Å². The number of nitrogens with zero attached hydrogens (tertiary/aromatic N) is 2. The van der Waals surface area contributed by atoms with Crippen LogP contribution in [0.2, 0.25) is 0 Å². The topological polar surface area (TPSA) is 224 Å². The summed E-state index contributed by atoms with van der Waals surface area (Å²) in [5.74, 6) is -2.06. The Morgan fingerprint density at radius 1 is 0.780 bits per heavy atom. The fraction of sp³-hybridized carbons (Fsp3) is 0.607. The molecule has 0 spiro atoms. The fourth-order valence-corrected chi connectivity index (χ4v) is 4.17. The second kappa shape index (κ2) is 20.2. The molecular weight excluding hydrogens is 526 g/mol. The number of amides is 4. The molecule has 0 radical (unpaired) electrons. The van der Waals surface area contributed by atoms with Crippen LogP contribution < -0.4 is 38.9 Å². The average molecular weight is 576 g/mol. The summed E-state index contributed by atoms with van der Waals surface area (Å²) in [6.45, 7) is 1.55. The third kappa shape index (κ3) is 16.2. The Labute approximate surface area is 243 Å². The van der Waals surface area contributed by atoms with Crippen LogP contribution in [0.5, 0.6) is 0 Å². The van der Waals surface area contributed by atoms with Gasteiger partial charge in [0.05, 0.1) is 6.42 Å². The zero-order valence-electron chi connectivity index (χ0n) is 24.4. The number of nitrogens with one attached hydrogen (secondary N) is 3. The summed E-state index contributed by atoms with van der Waals surface area (Å²) in [4.78, 5) is 57.4. The van der Waals surface area contributed by atoms with Gasteiger partial charge in [-0.2, -0.15) is 0 Å². The summed E-state index contributed by atoms with van der Waals surface area (Å²) >= 11 is 0. The van der Waals surface area contributed by atoms with Gasteiger partial charge in [0.1, 0.15) is 18.1 Å². The van der Waals surface area contributed by atoms with E-state index >= 15 is 0 Å². The SMILES string of the molecule is CN(C)CCCC[C@H](NC(=O)[C@H](CCCCN)NC(=O)Cc1ccccc1)C(=O)N[C@@H](CCCN=C(N)N)C(N)=O. The van der Waals surface area contributed by atoms with Crippen molar-refractivity contribution in [3.8, 4) is 0 Å². The van der Waals surface area contributed by atoms with Gasteiger partial charge < -0.3 is 43.8 Å². The smallest absolute Gasteiger partial charge is 0.243 e. The van der Waals surface area contributed by atoms with E-state index in [4.69, 9.17) is 22.9 Å². The summed E-state index contributed by atoms with van der Waals surface area (Å²) in [6.07, 6.45) is 4.26. The van der Waals surface area contributed by atoms with E-state index in [-0.39, 0.29) is 31.3 Å². The largest absolute Gasteiger partial charge is 0.370 e. The molecule has 13 heteroatoms. The summed E-state index contributed by atoms with van der Waals surface area (Å²) in [5.41, 5.74) is 22.6. The van der Waals surface area contributed by atoms with Crippen molar-refractivity contribution < 1.29 is 19.2 Å². The number of guanidine groups is 1. The Hall–Kier alpha value is -3.71. The second-order valence-electron chi connectivity index (χ2n) is 10.3. The maximum Gasteiger partial charge on any atom is 0.243 e. The number of aliphatic imine (C=N–C) groups is 1. The van der Waals surface area contributed by atoms with Gasteiger partial charge in [-0.05, 0) is 84.1 Å². The van der Waals surface area contributed by atoms with Gasteiger partial charge in [0.2, 0.25) is 23.6 Å². The molecule has 0 saturated heterocycles. The highest BCUT2D eigenvalue weighted by atomic mass is 16.2. The summed E-state index contributed by atoms with van der Waals surface area (Å²) in [7, 11) is 3.91. The number of hydrogen-bond acceptors (Lipinski definition) is 7. The summed E-state index contributed by atoms with van der Waals surface area (Å²) in [5, 5.41) is 8.30. The number of carbonyl (C=O) groups excluding carboxylic acids is 4. The average Bonchev–Trinajstić information content (AvgIpc) is 2.91. The Bertz CT molecular complexity index is 969. The van der Waals surface area contributed by atoms with E-state index in [9.17, 15) is 19.2 Å². The number of primary amides is 1. The van der Waals surface area contributed by atoms with E-state index in [1.54, 1.807) is 0 Å². The van der Waals surface area contributed by atoms with Crippen molar-refractivity contribution in [2.45, 2.75) is 75.9 Å². The van der Waals surface area contributed by atoms with E-state index in [0.717, 1.165) is 18.5 Å². The highest BCUT2D eigenvalue weighted by Crippen LogP contribution is 2.08. The molecule has 0 heterocycles. The van der Waals surface area contributed by atoms with Gasteiger partial charge in [-0.1, -0.05) is 30.3 Å². The summed E-state index contributed by atoms with van der Waals surface area (Å²) < 4.78 is 0. The van der Waals surface area contributed by atoms with E-state index < -0.39 is 35.8 Å². The van der Waals surface area contributed by atoms with Crippen LogP contribution in [0.4, 0.5) is 0 Å². The normalized spacial score (nSPS) is 13.1. The molecule has 4 amide bonds. The van der Waals surface area contributed by atoms with Gasteiger partial charge in [-0.15, -0.1) is 0 Å². The van der Waals surface area contributed by atoms with E-state index in [1.165, 1.54) is 0 Å². The van der Waals surface area contributed by atoms with Crippen LogP contribution in [0.3, 0.4) is 0 Å². The van der Waals surface area contributed by atoms with Gasteiger partial charge >= 0.3 is 0 Å². The van der Waals surface area contributed by atoms with Gasteiger partial charge in [0.15, 0.2) is 5.96 Å². The second-order valence-corrected chi connectivity index (χ2v) is 10.3. The molecule has 0 fully saturated rings. The predicted molar refractivity (Wildman–Crippen MR) is 160 cm³/mol. The molecule has 0 aliphatic heterocycles. The minimum atomic E-state index is -0.955. The molecule has 41 heavy (non-hydrogen) atoms. The van der Waals surface area contributed by atoms with Gasteiger partial charge in [-0.3, -0.25) is 24.2 Å². The number of rotatable bonds is 21. The molecule has 11 N–H and O–H groups in total. The van der Waals surface area contributed by atoms with Crippen LogP contribution in [0.25, 0.3) is 0 Å². The number of carbonyl (C=O) groups is 4. The molecule has 3 atom stereocenters. The molecule has 0 unspecified atom stereocenters. The number of nitrogens with two attached hydrogens (primary N) is 4. The molecule has 0 saturated carbocycles. The van der Waals surface area contributed by atoms with E-state index in [0.29, 0.717) is 45.1 Å². The first kappa shape index (κ1) is 35.3. The van der Waals surface area contributed by atoms with Crippen LogP contribution in [-0.4, -0.2) is 86.3 Å². The number of benzene rings is 1. The maximum atomic E-state index is 13.4. The van der Waals surface area contributed by atoms with Crippen LogP contribution in [0.15, 0.2) is 35.3 Å². The molecule has 0 aliphatic rings. The van der Waals surface area contributed by atoms with Crippen molar-refractivity contribution in [1.29, 1.82) is 0 Å². The Morgan fingerprint density at radius 3 is 1.90 bits per heavy atom. The zero-order chi connectivity index (χ0) is 30.6. The molecule has 230 valence electrons. The third-order valence-electron chi connectivity index (χ3n) is 6.39. The highest BCUT2D eigenvalue weighted by molar-refractivity contribution is 5.94. The molecule has 1 aromatic carbocycles. The number of unbranched alkanes of at least 4 members (excludes halogenated alkanes) is 2. The quantitative estimate of drug-likeness (QED) is 0.0550. The van der Waals surface area contributed by atoms with Crippen LogP contribution in [-0.2, 0) is 25.6 Å². The van der Waals surface area contributed by atoms with Gasteiger partial charge in [0.25, 0.3) is 0 Å². The predicted octanol–water partition coefficient (Wildman–Crippen LogP) is -0.917. The monoisotopic (exact) mass is 575 g/mol. The molecule has 13 nitrogen and oxygen atoms in total. The molecular formula is C28H49N9O4. The summed E-state index contributed by atoms with van der Waals surface area (Å²) in [6, 6.07) is 6.49. The standard InChI is InChI=1S/C28H49N9O4/c1-37(2)18-9-7-14-23(27(41)35-21(25(30)39)15-10-17-33-28(31)32)36-26(40)22(13-6-8-16-29)34-24(38)19-20-11-4-3-5-12-20/h3-5,11-12,21-23H,6-10,13-19,29H2,1-2H3,(H2,30,39)(H,34,38)(H,35,41)(H,36,40)(H4,31,32,33)/t21-,22-,23-/m0/s1. The van der Waals surface area contributed by atoms with Gasteiger partial charge in [0, 0.05) is 6.54 Å². The maximum absolute atomic E-state index is 13.4. The van der Waals surface area contributed by atoms with Crippen LogP contribution in [0.1, 0.15) is 56.9 Å². The molecule has 0 bridgehead atoms. The van der Waals surface area contributed by atoms with Crippen molar-refractivity contribution in [2.75, 3.05) is 33.7 Å². The number of hydrogen-bond donors (Lipinski definition) is 7. The first-order valence-corrected chi connectivity index (χ1v) is 14.2. The van der Waals surface area contributed by atoms with Crippen molar-refractivity contribution in [3.05, 3.63) is 35.9 Å². The molecule has 1 rings (SSSR count). The molecule has 0 aliphatic carbocycles. The Morgan fingerprint density at radius 2 is 1.34 bits per heavy atom. The zero-order valence-corrected chi connectivity index (χ0v) is 24.4. The Kier molecular flexibility index (Phi) is 17.4. The van der Waals surface area contributed by atoms with Crippen LogP contribution >= 0.6 is 0 Å². The lowest BCUT2D eigenvalue weighted by Crippen LogP contribution is -2.56. The van der Waals surface area contributed by atoms with Crippen molar-refractivity contribution in [3.63, 3.8) is 0 Å². The lowest BCUT2D eigenvalue weighted by molar-refractivity contribution is -0.133. The van der Waals surface area contributed by atoms with E-state index in [2.05, 4.69) is 20.9 Å². The van der Waals surface area contributed by atoms with Crippen molar-refractivity contribution in [2.24, 2.45) is 27.9 Å². The minimum absolute atomic E-state index is 0.0676. The van der Waals surface area contributed by atoms with Crippen molar-refractivity contribution >= 4 is 29.6 Å². The lowest BCUT2D eigenvalue weighted by Gasteiger charge is -2.25. The van der Waals surface area contributed by atoms with E-state index in [1.807, 2.05) is 49.3 Å². The highest BCUT2D eigenvalue weighted by Gasteiger charge is 2.28. The molecule has 1 aromatic rings. The van der Waals surface area contributed by atoms with Crippen molar-refractivity contribution in [1.82, 2.24) is 20.9 Å². The first-order chi connectivity index (χ1) is 19.5. The third-order valence-corrected chi connectivity index (χ3v) is 6.39. The van der Waals surface area contributed by atoms with Gasteiger partial charge in [-0.25, -0.2) is 0 Å². The lowest BCUT2D eigenvalue weighted by atomic mass is 10.0. The first-order valence-electron chi connectivity index (χ1n) is 14.2. The minimum Gasteiger partial charge on any atom is -0.370 e. The molecule has 0 aromatic heterocycles. The fourth-order valence-electron chi connectivity index (χ4n) is 4.17. The Balaban J connectivity index is 2.97.